The van der Waals surface area contributed by atoms with E-state index in [1.54, 1.807) is 30.7 Å². The molecule has 5 heterocycles. The van der Waals surface area contributed by atoms with Gasteiger partial charge in [-0.3, -0.25) is 23.8 Å². The predicted octanol–water partition coefficient (Wildman–Crippen LogP) is 2.11. The second-order valence-corrected chi connectivity index (χ2v) is 10.1. The Hall–Kier alpha value is -2.99. The van der Waals surface area contributed by atoms with Gasteiger partial charge in [0.2, 0.25) is 0 Å². The molecule has 2 aliphatic rings. The van der Waals surface area contributed by atoms with E-state index in [9.17, 15) is 14.7 Å². The van der Waals surface area contributed by atoms with Crippen LogP contribution < -0.4 is 10.5 Å². The monoisotopic (exact) mass is 511 g/mol. The van der Waals surface area contributed by atoms with Gasteiger partial charge in [-0.15, -0.1) is 0 Å². The number of aliphatic hydroxyl groups is 1. The van der Waals surface area contributed by atoms with Gasteiger partial charge in [0.15, 0.2) is 0 Å². The number of thioether (sulfide) groups is 1. The van der Waals surface area contributed by atoms with Crippen LogP contribution in [0.2, 0.25) is 0 Å². The highest BCUT2D eigenvalue weighted by Gasteiger charge is 2.34. The number of fused-ring (bicyclic) bond motifs is 1. The molecule has 0 radical (unpaired) electrons. The van der Waals surface area contributed by atoms with Crippen molar-refractivity contribution in [2.24, 2.45) is 0 Å². The standard InChI is InChI=1S/C24H25N5O4S2/c1-16-4-2-6-28-20(16)25-21(27-9-7-26(8-10-27)11-12-30)18(22(28)31)14-19-23(32)29(24(34)35-19)15-17-5-3-13-33-17/h2-6,13-14,30H,7-12,15H2,1H3/b19-14-. The fraction of sp³-hybridized carbons (Fsp3) is 0.333. The average Bonchev–Trinajstić information content (AvgIpc) is 3.46. The number of pyridine rings is 1. The zero-order valence-electron chi connectivity index (χ0n) is 19.2. The highest BCUT2D eigenvalue weighted by Crippen LogP contribution is 2.34. The molecule has 5 rings (SSSR count). The number of aliphatic hydroxyl groups excluding tert-OH is 1. The van der Waals surface area contributed by atoms with Crippen LogP contribution in [-0.2, 0) is 11.3 Å². The first kappa shape index (κ1) is 23.7. The number of aromatic nitrogens is 2. The van der Waals surface area contributed by atoms with Crippen molar-refractivity contribution in [3.05, 3.63) is 68.9 Å². The Morgan fingerprint density at radius 2 is 2.00 bits per heavy atom. The van der Waals surface area contributed by atoms with E-state index >= 15 is 0 Å². The van der Waals surface area contributed by atoms with Gasteiger partial charge in [-0.1, -0.05) is 30.0 Å². The van der Waals surface area contributed by atoms with Crippen LogP contribution >= 0.6 is 24.0 Å². The van der Waals surface area contributed by atoms with Crippen LogP contribution in [0.5, 0.6) is 0 Å². The molecule has 2 saturated heterocycles. The molecule has 0 aliphatic carbocycles. The molecule has 3 aromatic heterocycles. The fourth-order valence-corrected chi connectivity index (χ4v) is 5.56. The number of carbonyl (C=O) groups is 1. The summed E-state index contributed by atoms with van der Waals surface area (Å²) in [6.45, 7) is 5.71. The second-order valence-electron chi connectivity index (χ2n) is 8.44. The zero-order chi connectivity index (χ0) is 24.5. The van der Waals surface area contributed by atoms with E-state index in [1.165, 1.54) is 21.1 Å². The van der Waals surface area contributed by atoms with Gasteiger partial charge in [-0.05, 0) is 36.8 Å². The highest BCUT2D eigenvalue weighted by molar-refractivity contribution is 8.26. The van der Waals surface area contributed by atoms with E-state index in [4.69, 9.17) is 21.6 Å². The molecule has 0 atom stereocenters. The lowest BCUT2D eigenvalue weighted by Gasteiger charge is -2.35. The van der Waals surface area contributed by atoms with E-state index in [1.807, 2.05) is 19.1 Å². The molecule has 0 spiro atoms. The van der Waals surface area contributed by atoms with E-state index < -0.39 is 0 Å². The fourth-order valence-electron chi connectivity index (χ4n) is 4.32. The van der Waals surface area contributed by atoms with Gasteiger partial charge in [-0.25, -0.2) is 4.98 Å². The molecule has 35 heavy (non-hydrogen) atoms. The van der Waals surface area contributed by atoms with E-state index in [0.717, 1.165) is 18.7 Å². The first-order valence-corrected chi connectivity index (χ1v) is 12.6. The third-order valence-corrected chi connectivity index (χ3v) is 7.57. The number of amides is 1. The number of carbonyl (C=O) groups excluding carboxylic acids is 1. The normalized spacial score (nSPS) is 18.4. The van der Waals surface area contributed by atoms with Crippen molar-refractivity contribution in [3.8, 4) is 0 Å². The van der Waals surface area contributed by atoms with Gasteiger partial charge in [0.05, 0.1) is 29.9 Å². The third-order valence-electron chi connectivity index (χ3n) is 6.20. The van der Waals surface area contributed by atoms with Gasteiger partial charge < -0.3 is 14.4 Å². The maximum Gasteiger partial charge on any atom is 0.267 e. The van der Waals surface area contributed by atoms with Crippen LogP contribution in [-0.4, -0.2) is 73.8 Å². The van der Waals surface area contributed by atoms with Crippen LogP contribution in [0.25, 0.3) is 11.7 Å². The first-order valence-electron chi connectivity index (χ1n) is 11.3. The molecule has 1 amide bonds. The van der Waals surface area contributed by atoms with Crippen molar-refractivity contribution in [3.63, 3.8) is 0 Å². The van der Waals surface area contributed by atoms with E-state index in [2.05, 4.69) is 9.80 Å². The molecule has 0 saturated carbocycles. The van der Waals surface area contributed by atoms with E-state index in [-0.39, 0.29) is 24.6 Å². The van der Waals surface area contributed by atoms with Crippen LogP contribution in [0, 0.1) is 6.92 Å². The number of rotatable bonds is 6. The van der Waals surface area contributed by atoms with Crippen molar-refractivity contribution in [1.29, 1.82) is 0 Å². The number of β-amino-alcohol motifs (C(OH)–C–C–N with tert-alkyl or cyclic N) is 1. The quantitative estimate of drug-likeness (QED) is 0.394. The van der Waals surface area contributed by atoms with Crippen LogP contribution in [0.3, 0.4) is 0 Å². The van der Waals surface area contributed by atoms with Crippen molar-refractivity contribution in [2.75, 3.05) is 44.2 Å². The highest BCUT2D eigenvalue weighted by atomic mass is 32.2. The molecule has 2 fully saturated rings. The smallest absolute Gasteiger partial charge is 0.267 e. The summed E-state index contributed by atoms with van der Waals surface area (Å²) in [5.41, 5.74) is 1.61. The third kappa shape index (κ3) is 4.64. The number of furan rings is 1. The lowest BCUT2D eigenvalue weighted by molar-refractivity contribution is -0.122. The first-order chi connectivity index (χ1) is 17.0. The SMILES string of the molecule is Cc1cccn2c(=O)c(/C=C3\SC(=S)N(Cc4ccco4)C3=O)c(N3CCN(CCO)CC3)nc12. The Kier molecular flexibility index (Phi) is 6.74. The van der Waals surface area contributed by atoms with Gasteiger partial charge in [0, 0.05) is 38.9 Å². The molecule has 0 aromatic carbocycles. The maximum absolute atomic E-state index is 13.7. The second kappa shape index (κ2) is 9.94. The Bertz CT molecular complexity index is 1360. The summed E-state index contributed by atoms with van der Waals surface area (Å²) in [4.78, 5) is 37.9. The summed E-state index contributed by atoms with van der Waals surface area (Å²) in [5, 5.41) is 9.26. The predicted molar refractivity (Wildman–Crippen MR) is 139 cm³/mol. The summed E-state index contributed by atoms with van der Waals surface area (Å²) in [7, 11) is 0. The number of thiocarbonyl (C=S) groups is 1. The molecule has 2 aliphatic heterocycles. The molecular formula is C24H25N5O4S2. The number of anilines is 1. The van der Waals surface area contributed by atoms with Crippen molar-refractivity contribution >= 4 is 51.7 Å². The molecule has 9 nitrogen and oxygen atoms in total. The Morgan fingerprint density at radius 1 is 1.20 bits per heavy atom. The Morgan fingerprint density at radius 3 is 2.71 bits per heavy atom. The molecule has 1 N–H and O–H groups in total. The van der Waals surface area contributed by atoms with Crippen LogP contribution in [0.15, 0.2) is 50.8 Å². The number of nitrogens with zero attached hydrogens (tertiary/aromatic N) is 5. The minimum atomic E-state index is -0.260. The van der Waals surface area contributed by atoms with E-state index in [0.29, 0.717) is 51.6 Å². The molecular weight excluding hydrogens is 486 g/mol. The van der Waals surface area contributed by atoms with Crippen LogP contribution in [0.4, 0.5) is 5.82 Å². The lowest BCUT2D eigenvalue weighted by atomic mass is 10.2. The van der Waals surface area contributed by atoms with Crippen molar-refractivity contribution in [1.82, 2.24) is 19.2 Å². The topological polar surface area (TPSA) is 94.5 Å². The van der Waals surface area contributed by atoms with Gasteiger partial charge >= 0.3 is 0 Å². The maximum atomic E-state index is 13.7. The zero-order valence-corrected chi connectivity index (χ0v) is 20.8. The molecule has 3 aromatic rings. The Balaban J connectivity index is 1.55. The average molecular weight is 512 g/mol. The Labute approximate surface area is 211 Å². The summed E-state index contributed by atoms with van der Waals surface area (Å²) in [6, 6.07) is 7.29. The molecule has 182 valence electrons. The van der Waals surface area contributed by atoms with Gasteiger partial charge in [0.1, 0.15) is 21.5 Å². The number of aryl methyl sites for hydroxylation is 1. The summed E-state index contributed by atoms with van der Waals surface area (Å²) >= 11 is 6.63. The van der Waals surface area contributed by atoms with Crippen molar-refractivity contribution < 1.29 is 14.3 Å². The molecule has 11 heteroatoms. The number of hydrogen-bond acceptors (Lipinski definition) is 9. The molecule has 0 unspecified atom stereocenters. The van der Waals surface area contributed by atoms with Crippen molar-refractivity contribution in [2.45, 2.75) is 13.5 Å². The summed E-state index contributed by atoms with van der Waals surface area (Å²) in [6.07, 6.45) is 4.88. The summed E-state index contributed by atoms with van der Waals surface area (Å²) < 4.78 is 7.32. The van der Waals surface area contributed by atoms with Gasteiger partial charge in [-0.2, -0.15) is 0 Å². The minimum absolute atomic E-state index is 0.111. The number of hydrogen-bond donors (Lipinski definition) is 1. The largest absolute Gasteiger partial charge is 0.467 e. The minimum Gasteiger partial charge on any atom is -0.467 e. The van der Waals surface area contributed by atoms with Crippen LogP contribution in [0.1, 0.15) is 16.9 Å². The van der Waals surface area contributed by atoms with Gasteiger partial charge in [0.25, 0.3) is 11.5 Å². The lowest BCUT2D eigenvalue weighted by Crippen LogP contribution is -2.48. The molecule has 0 bridgehead atoms. The summed E-state index contributed by atoms with van der Waals surface area (Å²) in [5.74, 6) is 0.931. The number of piperazine rings is 1.